The zero-order valence-corrected chi connectivity index (χ0v) is 13.2. The van der Waals surface area contributed by atoms with Gasteiger partial charge in [-0.05, 0) is 42.8 Å². The zero-order valence-electron chi connectivity index (χ0n) is 10.8. The molecule has 0 fully saturated rings. The third-order valence-corrected chi connectivity index (χ3v) is 4.60. The topological polar surface area (TPSA) is 72.2 Å². The van der Waals surface area contributed by atoms with Crippen LogP contribution in [-0.4, -0.2) is 8.42 Å². The van der Waals surface area contributed by atoms with E-state index in [-0.39, 0.29) is 9.37 Å². The number of aryl methyl sites for hydroxylation is 1. The van der Waals surface area contributed by atoms with Crippen LogP contribution in [0.2, 0.25) is 0 Å². The molecule has 2 aromatic rings. The monoisotopic (exact) mass is 376 g/mol. The predicted octanol–water partition coefficient (Wildman–Crippen LogP) is 3.42. The molecule has 112 valence electrons. The molecule has 8 heteroatoms. The van der Waals surface area contributed by atoms with Crippen LogP contribution in [0.5, 0.6) is 0 Å². The van der Waals surface area contributed by atoms with Gasteiger partial charge in [-0.15, -0.1) is 0 Å². The number of anilines is 2. The van der Waals surface area contributed by atoms with Gasteiger partial charge in [-0.3, -0.25) is 4.72 Å². The van der Waals surface area contributed by atoms with Crippen LogP contribution in [0, 0.1) is 18.6 Å². The molecule has 0 amide bonds. The van der Waals surface area contributed by atoms with E-state index in [1.807, 2.05) is 4.72 Å². The highest BCUT2D eigenvalue weighted by Gasteiger charge is 2.20. The first-order valence-electron chi connectivity index (χ1n) is 5.74. The van der Waals surface area contributed by atoms with Crippen molar-refractivity contribution in [1.29, 1.82) is 0 Å². The first kappa shape index (κ1) is 15.7. The Morgan fingerprint density at radius 1 is 1.14 bits per heavy atom. The standard InChI is InChI=1S/C13H11BrF2N2O2S/c1-7-4-9(2-3-12(7)17)21(19,20)18-13-10(15)5-8(14)6-11(13)16/h2-6,18H,17H2,1H3. The normalized spacial score (nSPS) is 11.4. The summed E-state index contributed by atoms with van der Waals surface area (Å²) >= 11 is 2.92. The van der Waals surface area contributed by atoms with E-state index in [0.29, 0.717) is 11.3 Å². The van der Waals surface area contributed by atoms with Gasteiger partial charge in [-0.2, -0.15) is 0 Å². The van der Waals surface area contributed by atoms with Crippen LogP contribution in [-0.2, 0) is 10.0 Å². The lowest BCUT2D eigenvalue weighted by Crippen LogP contribution is -2.15. The van der Waals surface area contributed by atoms with Crippen molar-refractivity contribution in [2.75, 3.05) is 10.5 Å². The Hall–Kier alpha value is -1.67. The van der Waals surface area contributed by atoms with Crippen molar-refractivity contribution < 1.29 is 17.2 Å². The van der Waals surface area contributed by atoms with Gasteiger partial charge < -0.3 is 5.73 Å². The number of benzene rings is 2. The summed E-state index contributed by atoms with van der Waals surface area (Å²) in [6.45, 7) is 1.63. The minimum Gasteiger partial charge on any atom is -0.399 e. The maximum Gasteiger partial charge on any atom is 0.262 e. The number of hydrogen-bond donors (Lipinski definition) is 2. The summed E-state index contributed by atoms with van der Waals surface area (Å²) in [7, 11) is -4.11. The number of nitrogen functional groups attached to an aromatic ring is 1. The number of nitrogens with one attached hydrogen (secondary N) is 1. The molecular formula is C13H11BrF2N2O2S. The zero-order chi connectivity index (χ0) is 15.8. The first-order valence-corrected chi connectivity index (χ1v) is 8.02. The molecule has 0 aliphatic rings. The minimum absolute atomic E-state index is 0.129. The van der Waals surface area contributed by atoms with Crippen molar-refractivity contribution in [3.63, 3.8) is 0 Å². The van der Waals surface area contributed by atoms with Crippen LogP contribution in [0.3, 0.4) is 0 Å². The van der Waals surface area contributed by atoms with E-state index in [4.69, 9.17) is 5.73 Å². The van der Waals surface area contributed by atoms with E-state index in [9.17, 15) is 17.2 Å². The lowest BCUT2D eigenvalue weighted by atomic mass is 10.2. The van der Waals surface area contributed by atoms with E-state index in [1.54, 1.807) is 6.92 Å². The number of sulfonamides is 1. The number of nitrogens with two attached hydrogens (primary N) is 1. The van der Waals surface area contributed by atoms with Crippen molar-refractivity contribution in [1.82, 2.24) is 0 Å². The highest BCUT2D eigenvalue weighted by Crippen LogP contribution is 2.27. The summed E-state index contributed by atoms with van der Waals surface area (Å²) in [6.07, 6.45) is 0. The van der Waals surface area contributed by atoms with Gasteiger partial charge in [0, 0.05) is 10.2 Å². The van der Waals surface area contributed by atoms with Gasteiger partial charge in [0.1, 0.15) is 5.69 Å². The maximum absolute atomic E-state index is 13.7. The highest BCUT2D eigenvalue weighted by atomic mass is 79.9. The van der Waals surface area contributed by atoms with E-state index in [1.165, 1.54) is 18.2 Å². The molecular weight excluding hydrogens is 366 g/mol. The van der Waals surface area contributed by atoms with E-state index in [0.717, 1.165) is 12.1 Å². The molecule has 3 N–H and O–H groups in total. The second-order valence-electron chi connectivity index (χ2n) is 4.37. The summed E-state index contributed by atoms with van der Waals surface area (Å²) in [5.74, 6) is -2.03. The Morgan fingerprint density at radius 2 is 1.71 bits per heavy atom. The maximum atomic E-state index is 13.7. The number of rotatable bonds is 3. The highest BCUT2D eigenvalue weighted by molar-refractivity contribution is 9.10. The molecule has 0 spiro atoms. The van der Waals surface area contributed by atoms with Crippen molar-refractivity contribution in [3.05, 3.63) is 52.0 Å². The second-order valence-corrected chi connectivity index (χ2v) is 6.97. The number of halogens is 3. The van der Waals surface area contributed by atoms with Crippen LogP contribution in [0.15, 0.2) is 39.7 Å². The third kappa shape index (κ3) is 3.33. The van der Waals surface area contributed by atoms with Crippen LogP contribution >= 0.6 is 15.9 Å². The molecule has 4 nitrogen and oxygen atoms in total. The molecule has 0 unspecified atom stereocenters. The SMILES string of the molecule is Cc1cc(S(=O)(=O)Nc2c(F)cc(Br)cc2F)ccc1N. The Balaban J connectivity index is 2.44. The van der Waals surface area contributed by atoms with Crippen molar-refractivity contribution in [2.24, 2.45) is 0 Å². The average Bonchev–Trinajstić information content (AvgIpc) is 2.37. The van der Waals surface area contributed by atoms with Crippen molar-refractivity contribution in [2.45, 2.75) is 11.8 Å². The van der Waals surface area contributed by atoms with Crippen LogP contribution < -0.4 is 10.5 Å². The average molecular weight is 377 g/mol. The summed E-state index contributed by atoms with van der Waals surface area (Å²) in [6, 6.07) is 5.94. The molecule has 2 rings (SSSR count). The Morgan fingerprint density at radius 3 is 2.24 bits per heavy atom. The van der Waals surface area contributed by atoms with Gasteiger partial charge in [0.25, 0.3) is 10.0 Å². The fourth-order valence-corrected chi connectivity index (χ4v) is 3.21. The Labute approximate surface area is 129 Å². The summed E-state index contributed by atoms with van der Waals surface area (Å²) in [5, 5.41) is 0. The molecule has 0 heterocycles. The molecule has 0 aliphatic heterocycles. The lowest BCUT2D eigenvalue weighted by Gasteiger charge is -2.11. The fraction of sp³-hybridized carbons (Fsp3) is 0.0769. The van der Waals surface area contributed by atoms with E-state index in [2.05, 4.69) is 15.9 Å². The van der Waals surface area contributed by atoms with E-state index < -0.39 is 27.3 Å². The molecule has 0 saturated carbocycles. The summed E-state index contributed by atoms with van der Waals surface area (Å²) < 4.78 is 53.8. The van der Waals surface area contributed by atoms with Crippen molar-refractivity contribution in [3.8, 4) is 0 Å². The third-order valence-electron chi connectivity index (χ3n) is 2.79. The number of hydrogen-bond acceptors (Lipinski definition) is 3. The van der Waals surface area contributed by atoms with Gasteiger partial charge in [-0.1, -0.05) is 15.9 Å². The fourth-order valence-electron chi connectivity index (χ4n) is 1.65. The molecule has 21 heavy (non-hydrogen) atoms. The van der Waals surface area contributed by atoms with Gasteiger partial charge >= 0.3 is 0 Å². The van der Waals surface area contributed by atoms with Gasteiger partial charge in [0.05, 0.1) is 4.90 Å². The molecule has 0 atom stereocenters. The van der Waals surface area contributed by atoms with Gasteiger partial charge in [0.15, 0.2) is 11.6 Å². The van der Waals surface area contributed by atoms with Crippen LogP contribution in [0.25, 0.3) is 0 Å². The smallest absolute Gasteiger partial charge is 0.262 e. The summed E-state index contributed by atoms with van der Waals surface area (Å²) in [5.41, 5.74) is 5.86. The Kier molecular flexibility index (Phi) is 4.20. The molecule has 0 saturated heterocycles. The second kappa shape index (κ2) is 5.61. The van der Waals surface area contributed by atoms with Crippen LogP contribution in [0.4, 0.5) is 20.2 Å². The molecule has 2 aromatic carbocycles. The molecule has 0 bridgehead atoms. The largest absolute Gasteiger partial charge is 0.399 e. The molecule has 0 aliphatic carbocycles. The molecule has 0 aromatic heterocycles. The first-order chi connectivity index (χ1) is 9.70. The molecule has 0 radical (unpaired) electrons. The predicted molar refractivity (Wildman–Crippen MR) is 80.5 cm³/mol. The lowest BCUT2D eigenvalue weighted by molar-refractivity contribution is 0.582. The van der Waals surface area contributed by atoms with E-state index >= 15 is 0 Å². The quantitative estimate of drug-likeness (QED) is 0.806. The van der Waals surface area contributed by atoms with Crippen molar-refractivity contribution >= 4 is 37.3 Å². The summed E-state index contributed by atoms with van der Waals surface area (Å²) in [4.78, 5) is -0.129. The van der Waals surface area contributed by atoms with Gasteiger partial charge in [0.2, 0.25) is 0 Å². The minimum atomic E-state index is -4.11. The van der Waals surface area contributed by atoms with Gasteiger partial charge in [-0.25, -0.2) is 17.2 Å². The Bertz CT molecular complexity index is 787. The van der Waals surface area contributed by atoms with Crippen LogP contribution in [0.1, 0.15) is 5.56 Å².